The first kappa shape index (κ1) is 73.8. The van der Waals surface area contributed by atoms with Gasteiger partial charge in [-0.2, -0.15) is 0 Å². The quantitative estimate of drug-likeness (QED) is 0.0373. The van der Waals surface area contributed by atoms with Gasteiger partial charge in [0.1, 0.15) is 6.61 Å². The number of hydrogen-bond acceptors (Lipinski definition) is 5. The summed E-state index contributed by atoms with van der Waals surface area (Å²) in [6.45, 7) is 4.02. The lowest BCUT2D eigenvalue weighted by atomic mass is 10.0. The number of aliphatic hydroxyl groups excluding tert-OH is 1. The molecule has 0 rings (SSSR count). The van der Waals surface area contributed by atoms with Crippen molar-refractivity contribution in [1.82, 2.24) is 0 Å². The zero-order chi connectivity index (χ0) is 56.2. The first-order valence-electron chi connectivity index (χ1n) is 32.4. The van der Waals surface area contributed by atoms with Crippen molar-refractivity contribution in [3.63, 3.8) is 0 Å². The highest BCUT2D eigenvalue weighted by molar-refractivity contribution is 5.70. The maximum absolute atomic E-state index is 12.3. The molecule has 0 bridgehead atoms. The number of rotatable bonds is 58. The van der Waals surface area contributed by atoms with Gasteiger partial charge in [-0.25, -0.2) is 0 Å². The normalized spacial score (nSPS) is 13.2. The predicted molar refractivity (Wildman–Crippen MR) is 343 cm³/mol. The van der Waals surface area contributed by atoms with Crippen molar-refractivity contribution in [2.24, 2.45) is 0 Å². The molecule has 0 aromatic rings. The minimum atomic E-state index is -0.790. The second kappa shape index (κ2) is 67.1. The molecule has 0 fully saturated rings. The first-order valence-corrected chi connectivity index (χ1v) is 32.4. The smallest absolute Gasteiger partial charge is 0.306 e. The van der Waals surface area contributed by atoms with E-state index in [1.54, 1.807) is 0 Å². The summed E-state index contributed by atoms with van der Waals surface area (Å²) in [5.41, 5.74) is 0. The Morgan fingerprint density at radius 2 is 0.551 bits per heavy atom. The van der Waals surface area contributed by atoms with E-state index in [1.807, 2.05) is 0 Å². The van der Waals surface area contributed by atoms with Crippen LogP contribution in [-0.4, -0.2) is 36.4 Å². The van der Waals surface area contributed by atoms with E-state index in [1.165, 1.54) is 141 Å². The number of aliphatic hydroxyl groups is 1. The second-order valence-corrected chi connectivity index (χ2v) is 21.1. The minimum absolute atomic E-state index is 0.0781. The molecule has 0 heterocycles. The van der Waals surface area contributed by atoms with Gasteiger partial charge in [0.05, 0.1) is 6.61 Å². The standard InChI is InChI=1S/C73H120O5/c1-3-5-7-9-11-13-15-17-19-21-23-25-27-29-31-33-34-35-36-37-38-40-42-44-46-48-50-52-54-56-58-60-62-64-66-68-73(76)78-71(69-74)70-77-72(75)67-65-63-61-59-57-55-53-51-49-47-45-43-41-39-32-30-28-26-24-22-20-18-16-14-12-10-8-6-4-2/h5,7,11,13,16-19,22-25,28-31,34-35,37-38,42,44,48,50,71,74H,3-4,6,8-10,12,14-15,20-21,26-27,32-33,36,39-41,43,45-47,49,51-70H2,1-2H3/b7-5-,13-11-,18-16-,19-17-,24-22-,25-23-,30-28-,31-29-,35-34-,38-37-,44-42-,50-48-. The Morgan fingerprint density at radius 1 is 0.308 bits per heavy atom. The molecule has 0 saturated heterocycles. The molecule has 1 N–H and O–H groups in total. The van der Waals surface area contributed by atoms with Crippen LogP contribution >= 0.6 is 0 Å². The highest BCUT2D eigenvalue weighted by Crippen LogP contribution is 2.16. The van der Waals surface area contributed by atoms with Gasteiger partial charge in [0.15, 0.2) is 6.10 Å². The van der Waals surface area contributed by atoms with Gasteiger partial charge in [-0.15, -0.1) is 0 Å². The van der Waals surface area contributed by atoms with E-state index < -0.39 is 6.10 Å². The van der Waals surface area contributed by atoms with Crippen molar-refractivity contribution >= 4 is 11.9 Å². The van der Waals surface area contributed by atoms with E-state index in [9.17, 15) is 14.7 Å². The van der Waals surface area contributed by atoms with Crippen LogP contribution in [0.1, 0.15) is 284 Å². The van der Waals surface area contributed by atoms with Gasteiger partial charge in [0.2, 0.25) is 0 Å². The van der Waals surface area contributed by atoms with Crippen molar-refractivity contribution in [3.05, 3.63) is 146 Å². The van der Waals surface area contributed by atoms with E-state index >= 15 is 0 Å². The number of ether oxygens (including phenoxy) is 2. The molecular formula is C73H120O5. The van der Waals surface area contributed by atoms with Crippen LogP contribution in [-0.2, 0) is 19.1 Å². The first-order chi connectivity index (χ1) is 38.6. The molecule has 0 aromatic heterocycles. The topological polar surface area (TPSA) is 72.8 Å². The molecule has 0 spiro atoms. The van der Waals surface area contributed by atoms with E-state index in [4.69, 9.17) is 9.47 Å². The molecule has 0 saturated carbocycles. The fourth-order valence-electron chi connectivity index (χ4n) is 8.79. The van der Waals surface area contributed by atoms with Crippen molar-refractivity contribution in [1.29, 1.82) is 0 Å². The van der Waals surface area contributed by atoms with Crippen LogP contribution in [0.25, 0.3) is 0 Å². The van der Waals surface area contributed by atoms with Crippen LogP contribution < -0.4 is 0 Å². The Kier molecular flexibility index (Phi) is 63.4. The summed E-state index contributed by atoms with van der Waals surface area (Å²) in [4.78, 5) is 24.6. The average molecular weight is 1080 g/mol. The molecule has 0 amide bonds. The summed E-state index contributed by atoms with van der Waals surface area (Å²) in [6.07, 6.45) is 101. The maximum Gasteiger partial charge on any atom is 0.306 e. The van der Waals surface area contributed by atoms with Gasteiger partial charge < -0.3 is 14.6 Å². The molecule has 78 heavy (non-hydrogen) atoms. The summed E-state index contributed by atoms with van der Waals surface area (Å²) in [6, 6.07) is 0. The Hall–Kier alpha value is -4.22. The Morgan fingerprint density at radius 3 is 0.833 bits per heavy atom. The number of esters is 2. The number of carbonyl (C=O) groups excluding carboxylic acids is 2. The SMILES string of the molecule is CC/C=C\C/C=C\C/C=C\C/C=C\C/C=C\C/C=C\C/C=C\C/C=C\C/C=C\CCCCCCCCCC(=O)OC(CO)COC(=O)CCCCCCCCCCCCCCCC/C=C\C/C=C\C/C=C\CCCCCCC. The monoisotopic (exact) mass is 1080 g/mol. The Bertz CT molecular complexity index is 1650. The Balaban J connectivity index is 3.57. The van der Waals surface area contributed by atoms with Crippen LogP contribution in [0.2, 0.25) is 0 Å². The summed E-state index contributed by atoms with van der Waals surface area (Å²) in [7, 11) is 0. The van der Waals surface area contributed by atoms with Crippen molar-refractivity contribution in [3.8, 4) is 0 Å². The highest BCUT2D eigenvalue weighted by atomic mass is 16.6. The summed E-state index contributed by atoms with van der Waals surface area (Å²) >= 11 is 0. The predicted octanol–water partition coefficient (Wildman–Crippen LogP) is 22.5. The third-order valence-electron chi connectivity index (χ3n) is 13.6. The van der Waals surface area contributed by atoms with Gasteiger partial charge in [0, 0.05) is 12.8 Å². The minimum Gasteiger partial charge on any atom is -0.462 e. The third-order valence-corrected chi connectivity index (χ3v) is 13.6. The number of allylic oxidation sites excluding steroid dienone is 24. The lowest BCUT2D eigenvalue weighted by Gasteiger charge is -2.15. The molecule has 0 aliphatic heterocycles. The van der Waals surface area contributed by atoms with E-state index in [2.05, 4.69) is 160 Å². The lowest BCUT2D eigenvalue weighted by Crippen LogP contribution is -2.28. The van der Waals surface area contributed by atoms with Gasteiger partial charge in [-0.05, 0) is 122 Å². The molecule has 5 heteroatoms. The molecule has 442 valence electrons. The number of carbonyl (C=O) groups is 2. The second-order valence-electron chi connectivity index (χ2n) is 21.1. The molecule has 0 aliphatic rings. The third kappa shape index (κ3) is 64.3. The zero-order valence-electron chi connectivity index (χ0n) is 50.6. The van der Waals surface area contributed by atoms with Gasteiger partial charge in [0.25, 0.3) is 0 Å². The summed E-state index contributed by atoms with van der Waals surface area (Å²) in [5, 5.41) is 9.69. The molecule has 1 atom stereocenters. The fraction of sp³-hybridized carbons (Fsp3) is 0.644. The van der Waals surface area contributed by atoms with Crippen molar-refractivity contribution in [2.45, 2.75) is 290 Å². The van der Waals surface area contributed by atoms with Crippen LogP contribution in [0.4, 0.5) is 0 Å². The van der Waals surface area contributed by atoms with Crippen LogP contribution in [0.15, 0.2) is 146 Å². The van der Waals surface area contributed by atoms with Gasteiger partial charge in [-0.3, -0.25) is 9.59 Å². The van der Waals surface area contributed by atoms with E-state index in [0.717, 1.165) is 116 Å². The fourth-order valence-corrected chi connectivity index (χ4v) is 8.79. The summed E-state index contributed by atoms with van der Waals surface area (Å²) < 4.78 is 10.7. The zero-order valence-corrected chi connectivity index (χ0v) is 50.6. The summed E-state index contributed by atoms with van der Waals surface area (Å²) in [5.74, 6) is -0.607. The number of unbranched alkanes of at least 4 members (excludes halogenated alkanes) is 26. The highest BCUT2D eigenvalue weighted by Gasteiger charge is 2.16. The van der Waals surface area contributed by atoms with Gasteiger partial charge in [-0.1, -0.05) is 295 Å². The molecule has 0 aliphatic carbocycles. The maximum atomic E-state index is 12.3. The number of hydrogen-bond donors (Lipinski definition) is 1. The van der Waals surface area contributed by atoms with Gasteiger partial charge >= 0.3 is 11.9 Å². The van der Waals surface area contributed by atoms with Crippen LogP contribution in [0, 0.1) is 0 Å². The average Bonchev–Trinajstić information content (AvgIpc) is 3.44. The largest absolute Gasteiger partial charge is 0.462 e. The molecule has 0 aromatic carbocycles. The van der Waals surface area contributed by atoms with Crippen LogP contribution in [0.5, 0.6) is 0 Å². The molecular weight excluding hydrogens is 957 g/mol. The lowest BCUT2D eigenvalue weighted by molar-refractivity contribution is -0.161. The van der Waals surface area contributed by atoms with E-state index in [0.29, 0.717) is 12.8 Å². The Labute approximate surface area is 482 Å². The molecule has 1 unspecified atom stereocenters. The van der Waals surface area contributed by atoms with E-state index in [-0.39, 0.29) is 25.2 Å². The molecule has 0 radical (unpaired) electrons. The van der Waals surface area contributed by atoms with Crippen molar-refractivity contribution < 1.29 is 24.2 Å². The van der Waals surface area contributed by atoms with Crippen LogP contribution in [0.3, 0.4) is 0 Å². The van der Waals surface area contributed by atoms with Crippen molar-refractivity contribution in [2.75, 3.05) is 13.2 Å². The molecule has 5 nitrogen and oxygen atoms in total.